The van der Waals surface area contributed by atoms with Crippen LogP contribution in [0.15, 0.2) is 24.5 Å². The summed E-state index contributed by atoms with van der Waals surface area (Å²) in [5.74, 6) is -0.668. The lowest BCUT2D eigenvalue weighted by atomic mass is 10.1. The number of fused-ring (bicyclic) bond motifs is 1. The number of aliphatic hydroxyl groups excluding tert-OH is 1. The molecule has 11 heteroatoms. The predicted molar refractivity (Wildman–Crippen MR) is 128 cm³/mol. The topological polar surface area (TPSA) is 120 Å². The van der Waals surface area contributed by atoms with E-state index in [2.05, 4.69) is 9.55 Å². The Bertz CT molecular complexity index is 1230. The van der Waals surface area contributed by atoms with Gasteiger partial charge in [-0.15, -0.1) is 11.3 Å². The molecule has 10 nitrogen and oxygen atoms in total. The lowest BCUT2D eigenvalue weighted by molar-refractivity contribution is -0.384. The van der Waals surface area contributed by atoms with Gasteiger partial charge in [-0.3, -0.25) is 10.1 Å². The molecule has 2 saturated heterocycles. The van der Waals surface area contributed by atoms with Crippen molar-refractivity contribution in [3.8, 4) is 10.4 Å². The Hall–Kier alpha value is -3.02. The van der Waals surface area contributed by atoms with Crippen LogP contribution >= 0.6 is 11.3 Å². The minimum Gasteiger partial charge on any atom is -0.465 e. The van der Waals surface area contributed by atoms with Gasteiger partial charge >= 0.3 is 11.7 Å². The molecule has 5 rings (SSSR count). The maximum Gasteiger partial charge on any atom is 0.347 e. The molecule has 0 amide bonds. The zero-order chi connectivity index (χ0) is 23.8. The first-order valence-electron chi connectivity index (χ1n) is 11.3. The largest absolute Gasteiger partial charge is 0.465 e. The highest BCUT2D eigenvalue weighted by atomic mass is 32.1. The summed E-state index contributed by atoms with van der Waals surface area (Å²) in [5.41, 5.74) is 2.02. The van der Waals surface area contributed by atoms with E-state index < -0.39 is 10.9 Å². The van der Waals surface area contributed by atoms with Gasteiger partial charge in [0.1, 0.15) is 9.88 Å². The van der Waals surface area contributed by atoms with Gasteiger partial charge in [-0.1, -0.05) is 6.07 Å². The second kappa shape index (κ2) is 9.32. The van der Waals surface area contributed by atoms with Crippen LogP contribution in [0.4, 0.5) is 10.7 Å². The van der Waals surface area contributed by atoms with Gasteiger partial charge in [-0.05, 0) is 31.4 Å². The number of esters is 1. The molecule has 2 atom stereocenters. The van der Waals surface area contributed by atoms with Crippen molar-refractivity contribution >= 4 is 39.0 Å². The van der Waals surface area contributed by atoms with E-state index in [4.69, 9.17) is 9.47 Å². The van der Waals surface area contributed by atoms with Crippen molar-refractivity contribution in [2.45, 2.75) is 25.3 Å². The molecular formula is C23H26N4O6S. The first-order valence-corrected chi connectivity index (χ1v) is 12.1. The SMILES string of the molecule is COC(=O)c1c(N2CC[C@H](CO)C2)sc(-c2ccc3c(c2)ncn3C2CCCOC2)c1[N+](=O)[O-]. The molecule has 1 N–H and O–H groups in total. The molecule has 0 radical (unpaired) electrons. The minimum atomic E-state index is -0.737. The number of imidazole rings is 1. The molecule has 0 bridgehead atoms. The van der Waals surface area contributed by atoms with Gasteiger partial charge in [0.2, 0.25) is 0 Å². The Morgan fingerprint density at radius 2 is 2.26 bits per heavy atom. The summed E-state index contributed by atoms with van der Waals surface area (Å²) in [6.45, 7) is 2.59. The summed E-state index contributed by atoms with van der Waals surface area (Å²) in [5, 5.41) is 22.2. The quantitative estimate of drug-likeness (QED) is 0.319. The van der Waals surface area contributed by atoms with Crippen LogP contribution in [0.3, 0.4) is 0 Å². The van der Waals surface area contributed by atoms with E-state index in [0.717, 1.165) is 36.9 Å². The number of carbonyl (C=O) groups is 1. The van der Waals surface area contributed by atoms with Crippen LogP contribution in [0.1, 0.15) is 35.7 Å². The van der Waals surface area contributed by atoms with E-state index in [0.29, 0.717) is 35.1 Å². The Balaban J connectivity index is 1.60. The van der Waals surface area contributed by atoms with Crippen LogP contribution in [0.25, 0.3) is 21.5 Å². The van der Waals surface area contributed by atoms with Crippen molar-refractivity contribution in [1.29, 1.82) is 0 Å². The molecule has 0 aliphatic carbocycles. The molecule has 34 heavy (non-hydrogen) atoms. The lowest BCUT2D eigenvalue weighted by Crippen LogP contribution is -2.22. The van der Waals surface area contributed by atoms with Crippen molar-refractivity contribution in [3.05, 3.63) is 40.2 Å². The summed E-state index contributed by atoms with van der Waals surface area (Å²) in [7, 11) is 1.22. The fourth-order valence-corrected chi connectivity index (χ4v) is 6.15. The number of anilines is 1. The molecule has 1 unspecified atom stereocenters. The summed E-state index contributed by atoms with van der Waals surface area (Å²) in [6.07, 6.45) is 4.56. The number of aliphatic hydroxyl groups is 1. The van der Waals surface area contributed by atoms with Crippen molar-refractivity contribution in [1.82, 2.24) is 9.55 Å². The number of thiophene rings is 1. The van der Waals surface area contributed by atoms with Crippen molar-refractivity contribution in [2.24, 2.45) is 5.92 Å². The summed E-state index contributed by atoms with van der Waals surface area (Å²) >= 11 is 1.21. The smallest absolute Gasteiger partial charge is 0.347 e. The van der Waals surface area contributed by atoms with Gasteiger partial charge in [0.25, 0.3) is 0 Å². The van der Waals surface area contributed by atoms with Crippen LogP contribution in [-0.4, -0.2) is 65.6 Å². The van der Waals surface area contributed by atoms with Crippen molar-refractivity contribution in [3.63, 3.8) is 0 Å². The molecule has 2 aliphatic heterocycles. The van der Waals surface area contributed by atoms with Gasteiger partial charge in [0.05, 0.1) is 42.0 Å². The normalized spacial score (nSPS) is 20.7. The third-order valence-electron chi connectivity index (χ3n) is 6.63. The fraction of sp³-hybridized carbons (Fsp3) is 0.478. The van der Waals surface area contributed by atoms with Gasteiger partial charge in [-0.2, -0.15) is 0 Å². The van der Waals surface area contributed by atoms with Crippen LogP contribution in [0.2, 0.25) is 0 Å². The number of aromatic nitrogens is 2. The molecule has 2 aliphatic rings. The number of nitro groups is 1. The first kappa shape index (κ1) is 22.8. The van der Waals surface area contributed by atoms with Gasteiger partial charge < -0.3 is 24.0 Å². The van der Waals surface area contributed by atoms with E-state index in [1.807, 2.05) is 23.1 Å². The number of hydrogen-bond donors (Lipinski definition) is 1. The number of methoxy groups -OCH3 is 1. The number of carbonyl (C=O) groups excluding carboxylic acids is 1. The van der Waals surface area contributed by atoms with Crippen LogP contribution in [0.5, 0.6) is 0 Å². The highest BCUT2D eigenvalue weighted by molar-refractivity contribution is 7.20. The number of benzene rings is 1. The summed E-state index contributed by atoms with van der Waals surface area (Å²) in [4.78, 5) is 31.2. The molecule has 4 heterocycles. The Morgan fingerprint density at radius 3 is 2.94 bits per heavy atom. The van der Waals surface area contributed by atoms with Gasteiger partial charge in [0, 0.05) is 37.8 Å². The fourth-order valence-electron chi connectivity index (χ4n) is 4.86. The first-order chi connectivity index (χ1) is 16.5. The Kier molecular flexibility index (Phi) is 6.24. The highest BCUT2D eigenvalue weighted by Gasteiger charge is 2.37. The van der Waals surface area contributed by atoms with Gasteiger partial charge in [0.15, 0.2) is 5.56 Å². The summed E-state index contributed by atoms with van der Waals surface area (Å²) in [6, 6.07) is 5.81. The molecule has 2 fully saturated rings. The van der Waals surface area contributed by atoms with E-state index in [9.17, 15) is 20.0 Å². The van der Waals surface area contributed by atoms with Crippen LogP contribution in [-0.2, 0) is 9.47 Å². The molecule has 1 aromatic carbocycles. The number of rotatable bonds is 6. The van der Waals surface area contributed by atoms with E-state index in [1.165, 1.54) is 18.4 Å². The van der Waals surface area contributed by atoms with Crippen LogP contribution in [0, 0.1) is 16.0 Å². The maximum absolute atomic E-state index is 12.7. The third-order valence-corrected chi connectivity index (χ3v) is 7.92. The molecular weight excluding hydrogens is 460 g/mol. The molecule has 2 aromatic heterocycles. The molecule has 180 valence electrons. The zero-order valence-electron chi connectivity index (χ0n) is 18.8. The Morgan fingerprint density at radius 1 is 1.41 bits per heavy atom. The highest BCUT2D eigenvalue weighted by Crippen LogP contribution is 2.48. The second-order valence-corrected chi connectivity index (χ2v) is 9.72. The summed E-state index contributed by atoms with van der Waals surface area (Å²) < 4.78 is 12.7. The average molecular weight is 487 g/mol. The molecule has 3 aromatic rings. The predicted octanol–water partition coefficient (Wildman–Crippen LogP) is 3.63. The van der Waals surface area contributed by atoms with Gasteiger partial charge in [-0.25, -0.2) is 9.78 Å². The third kappa shape index (κ3) is 3.93. The van der Waals surface area contributed by atoms with Crippen LogP contribution < -0.4 is 4.90 Å². The maximum atomic E-state index is 12.7. The Labute approximate surface area is 199 Å². The lowest BCUT2D eigenvalue weighted by Gasteiger charge is -2.23. The number of ether oxygens (including phenoxy) is 2. The zero-order valence-corrected chi connectivity index (χ0v) is 19.6. The standard InChI is InChI=1S/C23H26N4O6S/c1-32-23(29)19-20(27(30)31)21(34-22(19)25-7-6-14(10-25)11-28)15-4-5-18-17(9-15)24-13-26(18)16-3-2-8-33-12-16/h4-5,9,13-14,16,28H,2-3,6-8,10-12H2,1H3/t14-,16?/m0/s1. The van der Waals surface area contributed by atoms with E-state index in [-0.39, 0.29) is 29.8 Å². The number of nitrogens with zero attached hydrogens (tertiary/aromatic N) is 4. The molecule has 0 saturated carbocycles. The van der Waals surface area contributed by atoms with E-state index >= 15 is 0 Å². The van der Waals surface area contributed by atoms with E-state index in [1.54, 1.807) is 6.33 Å². The number of hydrogen-bond acceptors (Lipinski definition) is 9. The monoisotopic (exact) mass is 486 g/mol. The minimum absolute atomic E-state index is 0.0314. The van der Waals surface area contributed by atoms with Crippen molar-refractivity contribution < 1.29 is 24.3 Å². The average Bonchev–Trinajstić information content (AvgIpc) is 3.59. The second-order valence-electron chi connectivity index (χ2n) is 8.72. The van der Waals surface area contributed by atoms with Crippen molar-refractivity contribution in [2.75, 3.05) is 44.9 Å². The molecule has 0 spiro atoms.